The van der Waals surface area contributed by atoms with E-state index >= 15 is 0 Å². The van der Waals surface area contributed by atoms with Crippen LogP contribution < -0.4 is 25.8 Å². The molecule has 2 rings (SSSR count). The largest absolute Gasteiger partial charge is 0.493 e. The van der Waals surface area contributed by atoms with Gasteiger partial charge in [0.2, 0.25) is 0 Å². The average molecular weight is 703 g/mol. The van der Waals surface area contributed by atoms with Gasteiger partial charge in [-0.05, 0) is 109 Å². The second-order valence-corrected chi connectivity index (χ2v) is 9.70. The standard InChI is InChI=1S/C46H30N4O4/c1-4-5-6-7-8-9-16-19-22-25-33-49-34-27-36-54-44-38-43(46(52)50-41-30-28-40(48-3)29-31-41)45(37-42(44)39(2)51)53-35-26-23-20-17-14-12-10-11-13-15-18-21-24-32-47/h28-31,37-38,48H,1,23,26-27,34-36,47H2,2-3H3,(H,50,52). The van der Waals surface area contributed by atoms with E-state index in [4.69, 9.17) is 15.2 Å². The number of aliphatic imine (C=N–C) groups is 1. The molecule has 0 bridgehead atoms. The number of nitrogens with two attached hydrogens (primary N) is 1. The Balaban J connectivity index is 2.18. The molecule has 0 unspecified atom stereocenters. The molecule has 4 N–H and O–H groups in total. The van der Waals surface area contributed by atoms with Gasteiger partial charge in [-0.1, -0.05) is 11.7 Å². The Labute approximate surface area is 315 Å². The van der Waals surface area contributed by atoms with Gasteiger partial charge in [0.1, 0.15) is 11.5 Å². The molecule has 2 aromatic rings. The van der Waals surface area contributed by atoms with Crippen LogP contribution in [0.2, 0.25) is 0 Å². The van der Waals surface area contributed by atoms with E-state index in [0.717, 1.165) is 5.69 Å². The Morgan fingerprint density at radius 1 is 0.704 bits per heavy atom. The first-order chi connectivity index (χ1) is 26.5. The van der Waals surface area contributed by atoms with E-state index < -0.39 is 5.91 Å². The zero-order chi connectivity index (χ0) is 38.9. The number of hydrogen-bond acceptors (Lipinski definition) is 7. The average Bonchev–Trinajstić information content (AvgIpc) is 3.18. The van der Waals surface area contributed by atoms with E-state index in [-0.39, 0.29) is 41.6 Å². The molecule has 0 aromatic heterocycles. The van der Waals surface area contributed by atoms with Gasteiger partial charge >= 0.3 is 0 Å². The quantitative estimate of drug-likeness (QED) is 0.0639. The number of nitrogens with zero attached hydrogens (tertiary/aromatic N) is 1. The summed E-state index contributed by atoms with van der Waals surface area (Å²) >= 11 is 0. The van der Waals surface area contributed by atoms with Crippen molar-refractivity contribution in [3.63, 3.8) is 0 Å². The van der Waals surface area contributed by atoms with E-state index in [9.17, 15) is 9.59 Å². The minimum Gasteiger partial charge on any atom is -0.493 e. The maximum atomic E-state index is 13.5. The van der Waals surface area contributed by atoms with Crippen LogP contribution in [0.15, 0.2) is 105 Å². The Morgan fingerprint density at radius 3 is 1.81 bits per heavy atom. The number of Topliss-reactive ketones (excluding diaryl/α,β-unsaturated/α-hetero) is 1. The van der Waals surface area contributed by atoms with Gasteiger partial charge in [-0.3, -0.25) is 9.59 Å². The van der Waals surface area contributed by atoms with Crippen LogP contribution in [0.4, 0.5) is 11.4 Å². The molecular weight excluding hydrogens is 673 g/mol. The molecule has 258 valence electrons. The molecule has 0 atom stereocenters. The fraction of sp³-hybridized carbons (Fsp3) is 0.174. The normalized spacial score (nSPS) is 7.59. The predicted octanol–water partition coefficient (Wildman–Crippen LogP) is 5.45. The van der Waals surface area contributed by atoms with Crippen molar-refractivity contribution in [2.24, 2.45) is 10.7 Å². The number of unbranched alkanes of at least 4 members (excludes halogenated alkanes) is 1. The van der Waals surface area contributed by atoms with E-state index in [0.29, 0.717) is 31.5 Å². The summed E-state index contributed by atoms with van der Waals surface area (Å²) in [5, 5.41) is 5.91. The molecule has 0 aliphatic rings. The summed E-state index contributed by atoms with van der Waals surface area (Å²) in [5.74, 6) is 30.5. The van der Waals surface area contributed by atoms with Gasteiger partial charge in [0.15, 0.2) is 5.78 Å². The lowest BCUT2D eigenvalue weighted by Gasteiger charge is -2.16. The van der Waals surface area contributed by atoms with Crippen LogP contribution in [0.3, 0.4) is 0 Å². The molecule has 8 heteroatoms. The van der Waals surface area contributed by atoms with Crippen molar-refractivity contribution in [1.82, 2.24) is 0 Å². The first kappa shape index (κ1) is 41.6. The predicted molar refractivity (Wildman–Crippen MR) is 209 cm³/mol. The SMILES string of the molecule is C=C=C=C=C=C=C=C=C=C=C=C=NCCCOc1cc(C(=O)Nc2ccc(NC)cc2)c(OCCCC#CC#CC#CC#CC#CC#CN)cc1C(C)=O. The molecule has 0 fully saturated rings. The first-order valence-corrected chi connectivity index (χ1v) is 15.9. The van der Waals surface area contributed by atoms with Crippen molar-refractivity contribution < 1.29 is 19.1 Å². The monoisotopic (exact) mass is 702 g/mol. The highest BCUT2D eigenvalue weighted by Gasteiger charge is 2.20. The van der Waals surface area contributed by atoms with Crippen LogP contribution in [0.5, 0.6) is 11.5 Å². The summed E-state index contributed by atoms with van der Waals surface area (Å²) in [6.45, 7) is 5.54. The van der Waals surface area contributed by atoms with Crippen LogP contribution in [0.25, 0.3) is 0 Å². The fourth-order valence-electron chi connectivity index (χ4n) is 3.62. The van der Waals surface area contributed by atoms with E-state index in [2.05, 4.69) is 157 Å². The second-order valence-electron chi connectivity index (χ2n) is 9.70. The highest BCUT2D eigenvalue weighted by atomic mass is 16.5. The van der Waals surface area contributed by atoms with Gasteiger partial charge in [0, 0.05) is 101 Å². The maximum Gasteiger partial charge on any atom is 0.259 e. The molecule has 1 amide bonds. The minimum absolute atomic E-state index is 0.191. The summed E-state index contributed by atoms with van der Waals surface area (Å²) in [6.07, 6.45) is 1.49. The zero-order valence-corrected chi connectivity index (χ0v) is 29.6. The number of anilines is 2. The summed E-state index contributed by atoms with van der Waals surface area (Å²) in [6, 6.07) is 12.4. The highest BCUT2D eigenvalue weighted by molar-refractivity contribution is 6.08. The number of benzene rings is 2. The number of amides is 1. The molecule has 0 saturated heterocycles. The zero-order valence-electron chi connectivity index (χ0n) is 29.6. The number of carbonyl (C=O) groups excluding carboxylic acids is 2. The smallest absolute Gasteiger partial charge is 0.259 e. The lowest BCUT2D eigenvalue weighted by Crippen LogP contribution is -2.16. The number of ether oxygens (including phenoxy) is 2. The number of hydrogen-bond donors (Lipinski definition) is 3. The summed E-state index contributed by atoms with van der Waals surface area (Å²) < 4.78 is 12.0. The third-order valence-corrected chi connectivity index (χ3v) is 5.96. The van der Waals surface area contributed by atoms with Crippen molar-refractivity contribution >= 4 is 28.9 Å². The fourth-order valence-corrected chi connectivity index (χ4v) is 3.62. The van der Waals surface area contributed by atoms with Crippen molar-refractivity contribution in [2.75, 3.05) is 37.4 Å². The van der Waals surface area contributed by atoms with Gasteiger partial charge in [-0.25, -0.2) is 4.99 Å². The Hall–Kier alpha value is -8.61. The van der Waals surface area contributed by atoms with E-state index in [1.807, 2.05) is 12.1 Å². The molecule has 8 nitrogen and oxygen atoms in total. The first-order valence-electron chi connectivity index (χ1n) is 15.9. The van der Waals surface area contributed by atoms with Crippen molar-refractivity contribution in [2.45, 2.75) is 26.2 Å². The van der Waals surface area contributed by atoms with Gasteiger partial charge in [0.05, 0.1) is 30.9 Å². The Kier molecular flexibility index (Phi) is 21.0. The number of rotatable bonds is 13. The van der Waals surface area contributed by atoms with E-state index in [1.165, 1.54) is 19.1 Å². The van der Waals surface area contributed by atoms with Crippen molar-refractivity contribution in [1.29, 1.82) is 0 Å². The van der Waals surface area contributed by atoms with Gasteiger partial charge in [-0.15, -0.1) is 0 Å². The molecule has 0 aliphatic carbocycles. The van der Waals surface area contributed by atoms with Crippen LogP contribution in [-0.4, -0.2) is 44.4 Å². The lowest BCUT2D eigenvalue weighted by molar-refractivity contribution is 0.0998. The van der Waals surface area contributed by atoms with Crippen LogP contribution in [0.1, 0.15) is 46.9 Å². The molecule has 0 aliphatic heterocycles. The molecule has 2 aromatic carbocycles. The third-order valence-electron chi connectivity index (χ3n) is 5.96. The van der Waals surface area contributed by atoms with Gasteiger partial charge < -0.3 is 25.8 Å². The maximum absolute atomic E-state index is 13.5. The highest BCUT2D eigenvalue weighted by Crippen LogP contribution is 2.31. The lowest BCUT2D eigenvalue weighted by atomic mass is 10.0. The van der Waals surface area contributed by atoms with Crippen LogP contribution in [-0.2, 0) is 0 Å². The van der Waals surface area contributed by atoms with Gasteiger partial charge in [-0.2, -0.15) is 0 Å². The molecular formula is C46H30N4O4. The Bertz CT molecular complexity index is 2560. The second kappa shape index (κ2) is 27.2. The Morgan fingerprint density at radius 2 is 1.22 bits per heavy atom. The van der Waals surface area contributed by atoms with Crippen molar-refractivity contribution in [3.8, 4) is 82.7 Å². The molecule has 0 radical (unpaired) electrons. The summed E-state index contributed by atoms with van der Waals surface area (Å²) in [5.41, 5.74) is 32.0. The topological polar surface area (TPSA) is 115 Å². The number of ketones is 1. The number of nitrogens with one attached hydrogen (secondary N) is 2. The van der Waals surface area contributed by atoms with Crippen LogP contribution >= 0.6 is 0 Å². The molecule has 54 heavy (non-hydrogen) atoms. The van der Waals surface area contributed by atoms with Crippen molar-refractivity contribution in [3.05, 3.63) is 111 Å². The number of carbonyl (C=O) groups is 2. The molecule has 0 heterocycles. The molecule has 0 saturated carbocycles. The summed E-state index contributed by atoms with van der Waals surface area (Å²) in [7, 11) is 1.80. The molecule has 0 spiro atoms. The van der Waals surface area contributed by atoms with Gasteiger partial charge in [0.25, 0.3) is 5.91 Å². The van der Waals surface area contributed by atoms with Crippen LogP contribution in [0, 0.1) is 71.2 Å². The minimum atomic E-state index is -0.442. The third kappa shape index (κ3) is 18.2. The van der Waals surface area contributed by atoms with E-state index in [1.54, 1.807) is 19.2 Å². The summed E-state index contributed by atoms with van der Waals surface area (Å²) in [4.78, 5) is 30.2.